The predicted octanol–water partition coefficient (Wildman–Crippen LogP) is 3.45. The minimum Gasteiger partial charge on any atom is -0.404 e. The number of benzene rings is 2. The summed E-state index contributed by atoms with van der Waals surface area (Å²) in [4.78, 5) is 50.5. The van der Waals surface area contributed by atoms with Crippen LogP contribution in [0.2, 0.25) is 0 Å². The van der Waals surface area contributed by atoms with Crippen LogP contribution in [0.15, 0.2) is 47.4 Å². The smallest absolute Gasteiger partial charge is 0.404 e. The Morgan fingerprint density at radius 3 is 2.33 bits per heavy atom. The van der Waals surface area contributed by atoms with Crippen LogP contribution >= 0.6 is 0 Å². The number of anilines is 1. The van der Waals surface area contributed by atoms with Crippen molar-refractivity contribution >= 4 is 39.1 Å². The number of nitrogens with one attached hydrogen (secondary N) is 1. The van der Waals surface area contributed by atoms with Crippen LogP contribution in [-0.2, 0) is 19.6 Å². The van der Waals surface area contributed by atoms with E-state index in [1.807, 2.05) is 0 Å². The first-order chi connectivity index (χ1) is 16.9. The Morgan fingerprint density at radius 2 is 1.61 bits per heavy atom. The van der Waals surface area contributed by atoms with Gasteiger partial charge in [0.05, 0.1) is 17.2 Å². The summed E-state index contributed by atoms with van der Waals surface area (Å²) in [6.45, 7) is 0. The monoisotopic (exact) mass is 524 g/mol. The minimum atomic E-state index is -5.13. The predicted molar refractivity (Wildman–Crippen MR) is 118 cm³/mol. The number of ketones is 2. The van der Waals surface area contributed by atoms with Gasteiger partial charge in [0.15, 0.2) is 5.78 Å². The van der Waals surface area contributed by atoms with Gasteiger partial charge in [-0.2, -0.15) is 0 Å². The second-order valence-corrected chi connectivity index (χ2v) is 9.90. The molecule has 0 radical (unpaired) electrons. The summed E-state index contributed by atoms with van der Waals surface area (Å²) < 4.78 is 69.6. The maximum absolute atomic E-state index is 13.1. The second kappa shape index (κ2) is 9.37. The number of sulfonamides is 1. The number of imide groups is 1. The minimum absolute atomic E-state index is 0.00138. The maximum atomic E-state index is 13.1. The van der Waals surface area contributed by atoms with Crippen LogP contribution < -0.4 is 9.46 Å². The van der Waals surface area contributed by atoms with E-state index in [4.69, 9.17) is 0 Å². The number of hydrogen-bond acceptors (Lipinski definition) is 7. The number of para-hydroxylation sites is 1. The molecule has 2 aromatic carbocycles. The highest BCUT2D eigenvalue weighted by atomic mass is 32.2. The van der Waals surface area contributed by atoms with Crippen LogP contribution in [0.1, 0.15) is 52.8 Å². The number of rotatable bonds is 5. The van der Waals surface area contributed by atoms with Gasteiger partial charge in [-0.05, 0) is 43.2 Å². The number of amides is 2. The van der Waals surface area contributed by atoms with Gasteiger partial charge in [-0.15, -0.1) is 13.2 Å². The third kappa shape index (κ3) is 5.10. The maximum Gasteiger partial charge on any atom is 0.573 e. The molecule has 2 amide bonds. The van der Waals surface area contributed by atoms with E-state index in [9.17, 15) is 40.8 Å². The largest absolute Gasteiger partial charge is 0.573 e. The zero-order valence-corrected chi connectivity index (χ0v) is 19.3. The van der Waals surface area contributed by atoms with E-state index in [1.165, 1.54) is 24.3 Å². The number of ether oxygens (including phenoxy) is 1. The molecule has 2 aromatic rings. The van der Waals surface area contributed by atoms with Gasteiger partial charge in [0.25, 0.3) is 21.8 Å². The fourth-order valence-corrected chi connectivity index (χ4v) is 5.36. The highest BCUT2D eigenvalue weighted by molar-refractivity contribution is 7.92. The van der Waals surface area contributed by atoms with Crippen LogP contribution in [0, 0.1) is 0 Å². The van der Waals surface area contributed by atoms with Crippen molar-refractivity contribution in [3.05, 3.63) is 53.6 Å². The van der Waals surface area contributed by atoms with Crippen molar-refractivity contribution in [3.63, 3.8) is 0 Å². The molecule has 9 nitrogen and oxygen atoms in total. The van der Waals surface area contributed by atoms with Gasteiger partial charge in [0.2, 0.25) is 0 Å². The molecule has 1 atom stereocenters. The van der Waals surface area contributed by atoms with E-state index in [1.54, 1.807) is 0 Å². The number of alkyl halides is 3. The summed E-state index contributed by atoms with van der Waals surface area (Å²) in [5, 5.41) is 0. The molecule has 1 aliphatic heterocycles. The number of carbonyl (C=O) groups is 4. The van der Waals surface area contributed by atoms with Crippen molar-refractivity contribution < 1.29 is 45.5 Å². The molecule has 1 N–H and O–H groups in total. The molecule has 1 fully saturated rings. The summed E-state index contributed by atoms with van der Waals surface area (Å²) in [5.41, 5.74) is -0.441. The third-order valence-corrected chi connectivity index (χ3v) is 7.21. The lowest BCUT2D eigenvalue weighted by Crippen LogP contribution is -2.45. The Balaban J connectivity index is 1.61. The quantitative estimate of drug-likeness (QED) is 0.594. The molecule has 0 aromatic heterocycles. The molecule has 13 heteroatoms. The standard InChI is InChI=1S/C23H19F3N2O7S/c24-23(25,26)35-19-6-1-2-7-20(19)36(33,34)27-13-8-10-15-16(12-13)22(32)28(21(15)31)17-11-9-14(29)4-3-5-18(17)30/h1-2,6-8,10,12,17,27H,3-5,9,11H2. The lowest BCUT2D eigenvalue weighted by molar-refractivity contribution is -0.275. The lowest BCUT2D eigenvalue weighted by atomic mass is 9.94. The van der Waals surface area contributed by atoms with E-state index in [2.05, 4.69) is 9.46 Å². The zero-order valence-electron chi connectivity index (χ0n) is 18.5. The fourth-order valence-electron chi connectivity index (χ4n) is 4.18. The molecule has 1 saturated carbocycles. The number of halogens is 3. The Morgan fingerprint density at radius 1 is 0.917 bits per heavy atom. The van der Waals surface area contributed by atoms with Gasteiger partial charge in [-0.1, -0.05) is 12.1 Å². The van der Waals surface area contributed by atoms with Crippen molar-refractivity contribution in [3.8, 4) is 5.75 Å². The first-order valence-electron chi connectivity index (χ1n) is 10.8. The summed E-state index contributed by atoms with van der Waals surface area (Å²) in [7, 11) is -4.60. The highest BCUT2D eigenvalue weighted by Crippen LogP contribution is 2.33. The van der Waals surface area contributed by atoms with Crippen LogP contribution in [0.3, 0.4) is 0 Å². The van der Waals surface area contributed by atoms with Gasteiger partial charge < -0.3 is 4.74 Å². The third-order valence-electron chi connectivity index (χ3n) is 5.79. The Kier molecular flexibility index (Phi) is 6.60. The highest BCUT2D eigenvalue weighted by Gasteiger charge is 2.43. The van der Waals surface area contributed by atoms with Crippen LogP contribution in [-0.4, -0.2) is 49.1 Å². The molecule has 0 saturated heterocycles. The van der Waals surface area contributed by atoms with Gasteiger partial charge >= 0.3 is 6.36 Å². The first-order valence-corrected chi connectivity index (χ1v) is 12.3. The Bertz CT molecular complexity index is 1370. The summed E-state index contributed by atoms with van der Waals surface area (Å²) in [6, 6.07) is 6.42. The summed E-state index contributed by atoms with van der Waals surface area (Å²) in [5.74, 6) is -2.95. The van der Waals surface area contributed by atoms with Crippen molar-refractivity contribution in [2.24, 2.45) is 0 Å². The van der Waals surface area contributed by atoms with E-state index in [0.29, 0.717) is 6.42 Å². The van der Waals surface area contributed by atoms with Gasteiger partial charge in [-0.3, -0.25) is 28.8 Å². The number of fused-ring (bicyclic) bond motifs is 1. The van der Waals surface area contributed by atoms with E-state index in [0.717, 1.165) is 23.1 Å². The van der Waals surface area contributed by atoms with Crippen molar-refractivity contribution in [1.82, 2.24) is 4.90 Å². The topological polar surface area (TPSA) is 127 Å². The number of Topliss-reactive ketones (excluding diaryl/α,β-unsaturated/α-hetero) is 2. The van der Waals surface area contributed by atoms with Crippen molar-refractivity contribution in [1.29, 1.82) is 0 Å². The Hall–Kier alpha value is -3.74. The van der Waals surface area contributed by atoms with Gasteiger partial charge in [0, 0.05) is 24.9 Å². The van der Waals surface area contributed by atoms with E-state index in [-0.39, 0.29) is 54.1 Å². The van der Waals surface area contributed by atoms with Crippen LogP contribution in [0.5, 0.6) is 5.75 Å². The summed E-state index contributed by atoms with van der Waals surface area (Å²) >= 11 is 0. The van der Waals surface area contributed by atoms with E-state index < -0.39 is 44.9 Å². The number of hydrogen-bond donors (Lipinski definition) is 1. The van der Waals surface area contributed by atoms with Crippen LogP contribution in [0.25, 0.3) is 0 Å². The van der Waals surface area contributed by atoms with Crippen molar-refractivity contribution in [2.75, 3.05) is 4.72 Å². The molecule has 2 aliphatic rings. The Labute approximate surface area is 203 Å². The average molecular weight is 524 g/mol. The van der Waals surface area contributed by atoms with Gasteiger partial charge in [0.1, 0.15) is 16.4 Å². The van der Waals surface area contributed by atoms with Crippen molar-refractivity contribution in [2.45, 2.75) is 49.4 Å². The summed E-state index contributed by atoms with van der Waals surface area (Å²) in [6.07, 6.45) is -4.49. The molecule has 4 rings (SSSR count). The van der Waals surface area contributed by atoms with Gasteiger partial charge in [-0.25, -0.2) is 8.42 Å². The molecular formula is C23H19F3N2O7S. The fraction of sp³-hybridized carbons (Fsp3) is 0.304. The van der Waals surface area contributed by atoms with E-state index >= 15 is 0 Å². The van der Waals surface area contributed by atoms with Crippen LogP contribution in [0.4, 0.5) is 18.9 Å². The molecule has 1 heterocycles. The average Bonchev–Trinajstić information content (AvgIpc) is 3.02. The molecular weight excluding hydrogens is 505 g/mol. The first kappa shape index (κ1) is 25.4. The molecule has 1 aliphatic carbocycles. The number of carbonyl (C=O) groups excluding carboxylic acids is 4. The lowest BCUT2D eigenvalue weighted by Gasteiger charge is -2.26. The molecule has 0 spiro atoms. The number of nitrogens with zero attached hydrogens (tertiary/aromatic N) is 1. The molecule has 1 unspecified atom stereocenters. The normalized spacial score (nSPS) is 19.1. The second-order valence-electron chi connectivity index (χ2n) is 8.25. The SMILES string of the molecule is O=C1CCCC(=O)C(N2C(=O)c3ccc(NS(=O)(=O)c4ccccc4OC(F)(F)F)cc3C2=O)CC1. The zero-order chi connectivity index (χ0) is 26.3. The molecule has 36 heavy (non-hydrogen) atoms. The molecule has 190 valence electrons. The molecule has 0 bridgehead atoms.